The van der Waals surface area contributed by atoms with Crippen molar-refractivity contribution in [3.63, 3.8) is 0 Å². The second kappa shape index (κ2) is 4.70. The number of hydrogen-bond donors (Lipinski definition) is 1. The summed E-state index contributed by atoms with van der Waals surface area (Å²) in [5.41, 5.74) is 0.728. The summed E-state index contributed by atoms with van der Waals surface area (Å²) in [5.74, 6) is -5.74. The minimum atomic E-state index is -1.44. The molecular formula is C10H6F4N2S. The molecule has 0 atom stereocenters. The number of benzene rings is 1. The van der Waals surface area contributed by atoms with Gasteiger partial charge in [0.25, 0.3) is 0 Å². The number of anilines is 1. The number of aromatic nitrogens is 1. The Morgan fingerprint density at radius 1 is 1.12 bits per heavy atom. The molecule has 0 unspecified atom stereocenters. The molecule has 1 heterocycles. The first-order chi connectivity index (χ1) is 8.09. The van der Waals surface area contributed by atoms with Gasteiger partial charge in [-0.1, -0.05) is 0 Å². The predicted octanol–water partition coefficient (Wildman–Crippen LogP) is 3.31. The van der Waals surface area contributed by atoms with Gasteiger partial charge >= 0.3 is 0 Å². The smallest absolute Gasteiger partial charge is 0.185 e. The molecule has 2 rings (SSSR count). The van der Waals surface area contributed by atoms with Crippen LogP contribution in [0.5, 0.6) is 0 Å². The highest BCUT2D eigenvalue weighted by molar-refractivity contribution is 7.09. The van der Waals surface area contributed by atoms with Crippen molar-refractivity contribution in [2.75, 3.05) is 5.32 Å². The van der Waals surface area contributed by atoms with Crippen LogP contribution in [-0.4, -0.2) is 4.98 Å². The van der Waals surface area contributed by atoms with E-state index < -0.39 is 29.0 Å². The standard InChI is InChI=1S/C10H6F4N2S/c11-6-1-7(12)9(14)10(8(6)13)16-3-5-2-15-4-17-5/h1-2,4,16H,3H2. The van der Waals surface area contributed by atoms with Gasteiger partial charge in [0.15, 0.2) is 23.3 Å². The molecule has 7 heteroatoms. The lowest BCUT2D eigenvalue weighted by Gasteiger charge is -2.08. The van der Waals surface area contributed by atoms with Crippen molar-refractivity contribution in [1.29, 1.82) is 0 Å². The third-order valence-corrected chi connectivity index (χ3v) is 2.81. The molecular weight excluding hydrogens is 256 g/mol. The minimum absolute atomic E-state index is 0.0431. The molecule has 17 heavy (non-hydrogen) atoms. The fraction of sp³-hybridized carbons (Fsp3) is 0.100. The number of halogens is 4. The summed E-state index contributed by atoms with van der Waals surface area (Å²) in [7, 11) is 0. The van der Waals surface area contributed by atoms with E-state index in [0.29, 0.717) is 4.88 Å². The minimum Gasteiger partial charge on any atom is -0.375 e. The van der Waals surface area contributed by atoms with Crippen LogP contribution in [0.3, 0.4) is 0 Å². The third kappa shape index (κ3) is 2.38. The highest BCUT2D eigenvalue weighted by atomic mass is 32.1. The van der Waals surface area contributed by atoms with Crippen molar-refractivity contribution in [2.45, 2.75) is 6.54 Å². The number of hydrogen-bond acceptors (Lipinski definition) is 3. The molecule has 0 saturated carbocycles. The van der Waals surface area contributed by atoms with Crippen LogP contribution in [0.25, 0.3) is 0 Å². The molecule has 0 aliphatic rings. The number of nitrogens with zero attached hydrogens (tertiary/aromatic N) is 1. The van der Waals surface area contributed by atoms with E-state index in [1.54, 1.807) is 0 Å². The lowest BCUT2D eigenvalue weighted by molar-refractivity contribution is 0.458. The molecule has 0 aliphatic carbocycles. The fourth-order valence-electron chi connectivity index (χ4n) is 1.23. The molecule has 1 N–H and O–H groups in total. The van der Waals surface area contributed by atoms with Crippen LogP contribution in [0.15, 0.2) is 17.8 Å². The highest BCUT2D eigenvalue weighted by Gasteiger charge is 2.18. The Labute approximate surface area is 97.9 Å². The third-order valence-electron chi connectivity index (χ3n) is 2.03. The van der Waals surface area contributed by atoms with E-state index in [1.807, 2.05) is 0 Å². The molecule has 0 fully saturated rings. The van der Waals surface area contributed by atoms with E-state index in [4.69, 9.17) is 0 Å². The summed E-state index contributed by atoms with van der Waals surface area (Å²) in [5, 5.41) is 2.31. The highest BCUT2D eigenvalue weighted by Crippen LogP contribution is 2.24. The van der Waals surface area contributed by atoms with Gasteiger partial charge in [0.1, 0.15) is 5.69 Å². The van der Waals surface area contributed by atoms with Gasteiger partial charge in [0, 0.05) is 17.1 Å². The van der Waals surface area contributed by atoms with Gasteiger partial charge in [0.2, 0.25) is 0 Å². The van der Waals surface area contributed by atoms with Crippen molar-refractivity contribution in [2.24, 2.45) is 0 Å². The maximum Gasteiger partial charge on any atom is 0.185 e. The molecule has 0 saturated heterocycles. The van der Waals surface area contributed by atoms with Crippen molar-refractivity contribution in [1.82, 2.24) is 4.98 Å². The average Bonchev–Trinajstić information content (AvgIpc) is 2.79. The van der Waals surface area contributed by atoms with Crippen molar-refractivity contribution < 1.29 is 17.6 Å². The first kappa shape index (κ1) is 11.8. The zero-order valence-corrected chi connectivity index (χ0v) is 9.12. The lowest BCUT2D eigenvalue weighted by Crippen LogP contribution is -2.06. The Balaban J connectivity index is 2.26. The summed E-state index contributed by atoms with van der Waals surface area (Å²) in [4.78, 5) is 4.45. The summed E-state index contributed by atoms with van der Waals surface area (Å²) >= 11 is 1.26. The van der Waals surface area contributed by atoms with E-state index in [2.05, 4.69) is 10.3 Å². The molecule has 0 bridgehead atoms. The largest absolute Gasteiger partial charge is 0.375 e. The zero-order valence-electron chi connectivity index (χ0n) is 8.31. The van der Waals surface area contributed by atoms with Crippen LogP contribution in [0.4, 0.5) is 23.2 Å². The van der Waals surface area contributed by atoms with Crippen LogP contribution in [0.2, 0.25) is 0 Å². The zero-order chi connectivity index (χ0) is 12.4. The van der Waals surface area contributed by atoms with Gasteiger partial charge in [-0.15, -0.1) is 11.3 Å². The average molecular weight is 262 g/mol. The molecule has 0 aliphatic heterocycles. The SMILES string of the molecule is Fc1cc(F)c(F)c(NCc2cncs2)c1F. The molecule has 0 spiro atoms. The number of nitrogens with one attached hydrogen (secondary N) is 1. The van der Waals surface area contributed by atoms with Gasteiger partial charge in [-0.2, -0.15) is 0 Å². The van der Waals surface area contributed by atoms with E-state index in [1.165, 1.54) is 23.0 Å². The predicted molar refractivity (Wildman–Crippen MR) is 55.7 cm³/mol. The summed E-state index contributed by atoms with van der Waals surface area (Å²) in [6.45, 7) is 0.0431. The maximum absolute atomic E-state index is 13.2. The molecule has 1 aromatic heterocycles. The lowest BCUT2D eigenvalue weighted by atomic mass is 10.2. The number of rotatable bonds is 3. The Morgan fingerprint density at radius 2 is 1.76 bits per heavy atom. The van der Waals surface area contributed by atoms with E-state index in [0.717, 1.165) is 0 Å². The molecule has 0 radical (unpaired) electrons. The summed E-state index contributed by atoms with van der Waals surface area (Å²) in [6, 6.07) is 0.169. The van der Waals surface area contributed by atoms with Crippen molar-refractivity contribution in [3.05, 3.63) is 45.9 Å². The second-order valence-corrected chi connectivity index (χ2v) is 4.14. The van der Waals surface area contributed by atoms with Gasteiger partial charge in [-0.3, -0.25) is 4.98 Å². The quantitative estimate of drug-likeness (QED) is 0.678. The van der Waals surface area contributed by atoms with Crippen LogP contribution < -0.4 is 5.32 Å². The van der Waals surface area contributed by atoms with Gasteiger partial charge < -0.3 is 5.32 Å². The molecule has 2 aromatic rings. The second-order valence-electron chi connectivity index (χ2n) is 3.16. The Morgan fingerprint density at radius 3 is 2.29 bits per heavy atom. The Kier molecular flexibility index (Phi) is 3.28. The van der Waals surface area contributed by atoms with Crippen molar-refractivity contribution >= 4 is 17.0 Å². The van der Waals surface area contributed by atoms with Crippen LogP contribution in [0, 0.1) is 23.3 Å². The van der Waals surface area contributed by atoms with Gasteiger partial charge in [-0.25, -0.2) is 17.6 Å². The summed E-state index contributed by atoms with van der Waals surface area (Å²) < 4.78 is 52.1. The summed E-state index contributed by atoms with van der Waals surface area (Å²) in [6.07, 6.45) is 1.49. The van der Waals surface area contributed by atoms with Crippen molar-refractivity contribution in [3.8, 4) is 0 Å². The maximum atomic E-state index is 13.2. The Hall–Kier alpha value is -1.63. The normalized spacial score (nSPS) is 10.6. The van der Waals surface area contributed by atoms with Crippen LogP contribution in [-0.2, 0) is 6.54 Å². The monoisotopic (exact) mass is 262 g/mol. The fourth-order valence-corrected chi connectivity index (χ4v) is 1.77. The van der Waals surface area contributed by atoms with E-state index >= 15 is 0 Å². The molecule has 90 valence electrons. The first-order valence-corrected chi connectivity index (χ1v) is 5.41. The topological polar surface area (TPSA) is 24.9 Å². The van der Waals surface area contributed by atoms with Gasteiger partial charge in [0.05, 0.1) is 12.1 Å². The van der Waals surface area contributed by atoms with Crippen LogP contribution >= 0.6 is 11.3 Å². The van der Waals surface area contributed by atoms with E-state index in [-0.39, 0.29) is 12.6 Å². The molecule has 2 nitrogen and oxygen atoms in total. The van der Waals surface area contributed by atoms with Gasteiger partial charge in [-0.05, 0) is 0 Å². The number of thiazole rings is 1. The molecule has 1 aromatic carbocycles. The Bertz CT molecular complexity index is 501. The van der Waals surface area contributed by atoms with E-state index in [9.17, 15) is 17.6 Å². The molecule has 0 amide bonds. The van der Waals surface area contributed by atoms with Crippen LogP contribution in [0.1, 0.15) is 4.88 Å². The first-order valence-electron chi connectivity index (χ1n) is 4.54.